The molecule has 0 aromatic carbocycles. The fourth-order valence-corrected chi connectivity index (χ4v) is 3.76. The summed E-state index contributed by atoms with van der Waals surface area (Å²) in [6.07, 6.45) is 4.47. The summed E-state index contributed by atoms with van der Waals surface area (Å²) in [4.78, 5) is 40.1. The molecular weight excluding hydrogens is 348 g/mol. The lowest BCUT2D eigenvalue weighted by Gasteiger charge is -2.34. The Balaban J connectivity index is 1.49. The maximum atomic E-state index is 12.6. The van der Waals surface area contributed by atoms with Crippen LogP contribution in [-0.4, -0.2) is 57.6 Å². The van der Waals surface area contributed by atoms with E-state index in [1.54, 1.807) is 34.3 Å². The van der Waals surface area contributed by atoms with E-state index in [1.165, 1.54) is 10.7 Å². The number of hydrogen-bond acceptors (Lipinski definition) is 5. The minimum absolute atomic E-state index is 0.0425. The molecule has 2 aromatic heterocycles. The van der Waals surface area contributed by atoms with Gasteiger partial charge in [-0.3, -0.25) is 14.4 Å². The molecule has 2 saturated heterocycles. The van der Waals surface area contributed by atoms with Crippen LogP contribution in [0.25, 0.3) is 11.5 Å². The molecule has 4 rings (SSSR count). The van der Waals surface area contributed by atoms with Crippen LogP contribution < -0.4 is 5.56 Å². The molecule has 27 heavy (non-hydrogen) atoms. The summed E-state index contributed by atoms with van der Waals surface area (Å²) >= 11 is 0. The Morgan fingerprint density at radius 1 is 1.19 bits per heavy atom. The van der Waals surface area contributed by atoms with E-state index in [9.17, 15) is 14.4 Å². The van der Waals surface area contributed by atoms with Crippen LogP contribution in [0.15, 0.2) is 39.7 Å². The number of furan rings is 1. The number of piperidine rings is 1. The molecule has 2 aromatic rings. The van der Waals surface area contributed by atoms with E-state index in [4.69, 9.17) is 4.42 Å². The highest BCUT2D eigenvalue weighted by Gasteiger charge is 2.29. The third-order valence-electron chi connectivity index (χ3n) is 5.19. The molecule has 2 amide bonds. The molecular formula is C19H22N4O4. The summed E-state index contributed by atoms with van der Waals surface area (Å²) in [6, 6.07) is 6.50. The van der Waals surface area contributed by atoms with Crippen molar-refractivity contribution in [1.29, 1.82) is 0 Å². The molecule has 0 bridgehead atoms. The van der Waals surface area contributed by atoms with E-state index in [-0.39, 0.29) is 30.0 Å². The third kappa shape index (κ3) is 3.65. The molecule has 8 nitrogen and oxygen atoms in total. The Labute approximate surface area is 156 Å². The highest BCUT2D eigenvalue weighted by Crippen LogP contribution is 2.22. The van der Waals surface area contributed by atoms with Crippen LogP contribution in [0.3, 0.4) is 0 Å². The van der Waals surface area contributed by atoms with Crippen LogP contribution in [0.1, 0.15) is 31.7 Å². The zero-order chi connectivity index (χ0) is 18.8. The van der Waals surface area contributed by atoms with Crippen LogP contribution in [0, 0.1) is 0 Å². The summed E-state index contributed by atoms with van der Waals surface area (Å²) < 4.78 is 6.82. The highest BCUT2D eigenvalue weighted by atomic mass is 16.3. The van der Waals surface area contributed by atoms with Gasteiger partial charge >= 0.3 is 0 Å². The molecule has 0 saturated carbocycles. The first kappa shape index (κ1) is 17.5. The zero-order valence-corrected chi connectivity index (χ0v) is 15.0. The fraction of sp³-hybridized carbons (Fsp3) is 0.474. The van der Waals surface area contributed by atoms with Gasteiger partial charge in [0.05, 0.1) is 18.8 Å². The van der Waals surface area contributed by atoms with Gasteiger partial charge in [-0.1, -0.05) is 0 Å². The third-order valence-corrected chi connectivity index (χ3v) is 5.19. The van der Waals surface area contributed by atoms with Crippen molar-refractivity contribution in [2.24, 2.45) is 0 Å². The topological polar surface area (TPSA) is 88.7 Å². The summed E-state index contributed by atoms with van der Waals surface area (Å²) in [7, 11) is 0. The van der Waals surface area contributed by atoms with Crippen molar-refractivity contribution in [2.75, 3.05) is 26.2 Å². The molecule has 4 heterocycles. The second kappa shape index (κ2) is 7.38. The van der Waals surface area contributed by atoms with E-state index in [0.717, 1.165) is 19.3 Å². The van der Waals surface area contributed by atoms with Gasteiger partial charge in [0.2, 0.25) is 11.8 Å². The molecule has 0 unspecified atom stereocenters. The van der Waals surface area contributed by atoms with Gasteiger partial charge in [0, 0.05) is 32.1 Å². The SMILES string of the molecule is O=C1CCCN1CC(=O)N1CCC[C@H](n2nc(-c3ccco3)ccc2=O)C1. The molecule has 1 atom stereocenters. The number of hydrogen-bond donors (Lipinski definition) is 0. The first-order valence-corrected chi connectivity index (χ1v) is 9.31. The van der Waals surface area contributed by atoms with Gasteiger partial charge in [-0.25, -0.2) is 4.68 Å². The average molecular weight is 370 g/mol. The fourth-order valence-electron chi connectivity index (χ4n) is 3.76. The van der Waals surface area contributed by atoms with Crippen LogP contribution in [0.2, 0.25) is 0 Å². The van der Waals surface area contributed by atoms with E-state index in [1.807, 2.05) is 0 Å². The summed E-state index contributed by atoms with van der Waals surface area (Å²) in [5, 5.41) is 4.46. The minimum atomic E-state index is -0.195. The van der Waals surface area contributed by atoms with Crippen LogP contribution in [0.5, 0.6) is 0 Å². The smallest absolute Gasteiger partial charge is 0.267 e. The van der Waals surface area contributed by atoms with E-state index in [0.29, 0.717) is 37.5 Å². The number of carbonyl (C=O) groups is 2. The number of aromatic nitrogens is 2. The summed E-state index contributed by atoms with van der Waals surface area (Å²) in [5.74, 6) is 0.575. The normalized spacial score (nSPS) is 20.3. The van der Waals surface area contributed by atoms with Gasteiger partial charge < -0.3 is 14.2 Å². The van der Waals surface area contributed by atoms with E-state index < -0.39 is 0 Å². The van der Waals surface area contributed by atoms with Gasteiger partial charge in [0.25, 0.3) is 5.56 Å². The minimum Gasteiger partial charge on any atom is -0.463 e. The predicted molar refractivity (Wildman–Crippen MR) is 96.9 cm³/mol. The van der Waals surface area contributed by atoms with Gasteiger partial charge in [0.15, 0.2) is 5.76 Å². The number of likely N-dealkylation sites (tertiary alicyclic amines) is 2. The Morgan fingerprint density at radius 3 is 2.81 bits per heavy atom. The molecule has 8 heteroatoms. The van der Waals surface area contributed by atoms with Crippen LogP contribution in [0.4, 0.5) is 0 Å². The van der Waals surface area contributed by atoms with Crippen molar-refractivity contribution >= 4 is 11.8 Å². The second-order valence-electron chi connectivity index (χ2n) is 7.03. The highest BCUT2D eigenvalue weighted by molar-refractivity contribution is 5.85. The molecule has 2 aliphatic rings. The van der Waals surface area contributed by atoms with E-state index >= 15 is 0 Å². The Morgan fingerprint density at radius 2 is 2.07 bits per heavy atom. The van der Waals surface area contributed by atoms with Gasteiger partial charge in [0.1, 0.15) is 5.69 Å². The van der Waals surface area contributed by atoms with Crippen LogP contribution in [-0.2, 0) is 9.59 Å². The van der Waals surface area contributed by atoms with Gasteiger partial charge in [-0.2, -0.15) is 5.10 Å². The molecule has 142 valence electrons. The largest absolute Gasteiger partial charge is 0.463 e. The first-order valence-electron chi connectivity index (χ1n) is 9.31. The van der Waals surface area contributed by atoms with Gasteiger partial charge in [-0.05, 0) is 37.5 Å². The summed E-state index contributed by atoms with van der Waals surface area (Å²) in [6.45, 7) is 1.84. The van der Waals surface area contributed by atoms with Crippen molar-refractivity contribution in [2.45, 2.75) is 31.7 Å². The molecule has 0 N–H and O–H groups in total. The lowest BCUT2D eigenvalue weighted by Crippen LogP contribution is -2.47. The quantitative estimate of drug-likeness (QED) is 0.809. The molecule has 0 aliphatic carbocycles. The Hall–Kier alpha value is -2.90. The average Bonchev–Trinajstić information content (AvgIpc) is 3.35. The number of rotatable bonds is 4. The van der Waals surface area contributed by atoms with Crippen molar-refractivity contribution in [1.82, 2.24) is 19.6 Å². The van der Waals surface area contributed by atoms with Crippen LogP contribution >= 0.6 is 0 Å². The molecule has 2 aliphatic heterocycles. The maximum Gasteiger partial charge on any atom is 0.267 e. The van der Waals surface area contributed by atoms with E-state index in [2.05, 4.69) is 5.10 Å². The predicted octanol–water partition coefficient (Wildman–Crippen LogP) is 1.29. The Bertz CT molecular complexity index is 889. The second-order valence-corrected chi connectivity index (χ2v) is 7.03. The van der Waals surface area contributed by atoms with Gasteiger partial charge in [-0.15, -0.1) is 0 Å². The number of nitrogens with zero attached hydrogens (tertiary/aromatic N) is 4. The molecule has 2 fully saturated rings. The monoisotopic (exact) mass is 370 g/mol. The zero-order valence-electron chi connectivity index (χ0n) is 15.0. The van der Waals surface area contributed by atoms with Crippen molar-refractivity contribution < 1.29 is 14.0 Å². The lowest BCUT2D eigenvalue weighted by molar-refractivity contribution is -0.139. The lowest BCUT2D eigenvalue weighted by atomic mass is 10.1. The standard InChI is InChI=1S/C19H22N4O4/c24-17-6-2-10-22(17)13-19(26)21-9-1-4-14(12-21)23-18(25)8-7-15(20-23)16-5-3-11-27-16/h3,5,7-8,11,14H,1-2,4,6,9-10,12-13H2/t14-/m0/s1. The van der Waals surface area contributed by atoms with Crippen molar-refractivity contribution in [3.8, 4) is 11.5 Å². The van der Waals surface area contributed by atoms with Crippen molar-refractivity contribution in [3.05, 3.63) is 40.9 Å². The summed E-state index contributed by atoms with van der Waals surface area (Å²) in [5.41, 5.74) is 0.394. The number of amides is 2. The van der Waals surface area contributed by atoms with Crippen molar-refractivity contribution in [3.63, 3.8) is 0 Å². The number of carbonyl (C=O) groups excluding carboxylic acids is 2. The molecule has 0 radical (unpaired) electrons. The maximum absolute atomic E-state index is 12.6. The molecule has 0 spiro atoms. The Kier molecular flexibility index (Phi) is 4.79. The first-order chi connectivity index (χ1) is 13.1.